The largest absolute Gasteiger partial charge is 0.368 e. The van der Waals surface area contributed by atoms with E-state index in [0.29, 0.717) is 44.1 Å². The average molecular weight is 538 g/mol. The van der Waals surface area contributed by atoms with Crippen LogP contribution in [-0.2, 0) is 10.2 Å². The van der Waals surface area contributed by atoms with E-state index in [1.807, 2.05) is 34.1 Å². The normalized spacial score (nSPS) is 17.9. The summed E-state index contributed by atoms with van der Waals surface area (Å²) in [5.41, 5.74) is 4.42. The van der Waals surface area contributed by atoms with Gasteiger partial charge in [-0.15, -0.1) is 0 Å². The third kappa shape index (κ3) is 6.24. The topological polar surface area (TPSA) is 43.9 Å². The van der Waals surface area contributed by atoms with Crippen molar-refractivity contribution in [1.82, 2.24) is 9.80 Å². The monoisotopic (exact) mass is 537 g/mol. The van der Waals surface area contributed by atoms with E-state index >= 15 is 0 Å². The molecule has 0 aliphatic carbocycles. The van der Waals surface area contributed by atoms with Gasteiger partial charge in [0.1, 0.15) is 5.78 Å². The van der Waals surface area contributed by atoms with Gasteiger partial charge >= 0.3 is 6.03 Å². The fraction of sp³-hybridized carbons (Fsp3) is 0.429. The predicted molar refractivity (Wildman–Crippen MR) is 163 cm³/mol. The van der Waals surface area contributed by atoms with Crippen LogP contribution in [0.3, 0.4) is 0 Å². The van der Waals surface area contributed by atoms with E-state index in [1.54, 1.807) is 0 Å². The summed E-state index contributed by atoms with van der Waals surface area (Å²) >= 11 is 0. The second kappa shape index (κ2) is 12.7. The third-order valence-corrected chi connectivity index (χ3v) is 9.07. The van der Waals surface area contributed by atoms with Crippen LogP contribution < -0.4 is 4.90 Å². The number of ketones is 1. The summed E-state index contributed by atoms with van der Waals surface area (Å²) < 4.78 is 0. The first-order chi connectivity index (χ1) is 19.5. The van der Waals surface area contributed by atoms with Crippen LogP contribution in [0, 0.1) is 6.92 Å². The number of nitrogens with zero attached hydrogens (tertiary/aromatic N) is 3. The lowest BCUT2D eigenvalue weighted by atomic mass is 9.68. The van der Waals surface area contributed by atoms with Crippen molar-refractivity contribution in [1.29, 1.82) is 0 Å². The Hall–Kier alpha value is -3.60. The van der Waals surface area contributed by atoms with Crippen molar-refractivity contribution in [3.63, 3.8) is 0 Å². The number of benzene rings is 3. The molecule has 2 aliphatic rings. The molecule has 2 heterocycles. The van der Waals surface area contributed by atoms with Crippen LogP contribution in [0.2, 0.25) is 0 Å². The number of piperidine rings is 1. The maximum atomic E-state index is 13.9. The molecule has 1 atom stereocenters. The molecule has 3 aromatic carbocycles. The molecule has 0 aromatic heterocycles. The molecule has 2 amide bonds. The number of anilines is 1. The van der Waals surface area contributed by atoms with Crippen molar-refractivity contribution in [3.8, 4) is 0 Å². The molecular formula is C35H43N3O2. The molecule has 0 bridgehead atoms. The van der Waals surface area contributed by atoms with Crippen molar-refractivity contribution in [3.05, 3.63) is 102 Å². The number of urea groups is 1. The smallest absolute Gasteiger partial charge is 0.320 e. The van der Waals surface area contributed by atoms with Crippen LogP contribution in [0.1, 0.15) is 61.6 Å². The minimum absolute atomic E-state index is 0.120. The molecule has 5 rings (SSSR count). The fourth-order valence-electron chi connectivity index (χ4n) is 6.50. The Bertz CT molecular complexity index is 1260. The van der Waals surface area contributed by atoms with E-state index in [4.69, 9.17) is 0 Å². The number of rotatable bonds is 8. The number of carbonyl (C=O) groups excluding carboxylic acids is 2. The highest BCUT2D eigenvalue weighted by Gasteiger charge is 2.43. The number of hydrogen-bond acceptors (Lipinski definition) is 3. The van der Waals surface area contributed by atoms with Gasteiger partial charge in [-0.2, -0.15) is 0 Å². The number of carbonyl (C=O) groups is 2. The van der Waals surface area contributed by atoms with Gasteiger partial charge in [-0.05, 0) is 67.3 Å². The van der Waals surface area contributed by atoms with E-state index in [1.165, 1.54) is 16.8 Å². The third-order valence-electron chi connectivity index (χ3n) is 9.07. The minimum atomic E-state index is -0.502. The van der Waals surface area contributed by atoms with Crippen LogP contribution in [0.25, 0.3) is 0 Å². The van der Waals surface area contributed by atoms with Crippen molar-refractivity contribution in [2.24, 2.45) is 0 Å². The van der Waals surface area contributed by atoms with E-state index in [9.17, 15) is 9.59 Å². The Morgan fingerprint density at radius 3 is 2.05 bits per heavy atom. The highest BCUT2D eigenvalue weighted by molar-refractivity contribution is 5.90. The van der Waals surface area contributed by atoms with Crippen LogP contribution in [-0.4, -0.2) is 60.9 Å². The summed E-state index contributed by atoms with van der Waals surface area (Å²) in [4.78, 5) is 33.7. The molecule has 210 valence electrons. The van der Waals surface area contributed by atoms with Gasteiger partial charge in [0.15, 0.2) is 0 Å². The first kappa shape index (κ1) is 27.9. The number of piperazine rings is 1. The molecule has 40 heavy (non-hydrogen) atoms. The van der Waals surface area contributed by atoms with Gasteiger partial charge in [0, 0.05) is 51.4 Å². The maximum absolute atomic E-state index is 13.9. The molecule has 5 heteroatoms. The highest BCUT2D eigenvalue weighted by Crippen LogP contribution is 2.38. The minimum Gasteiger partial charge on any atom is -0.368 e. The molecule has 2 aliphatic heterocycles. The number of Topliss-reactive ketones (excluding diaryl/α,β-unsaturated/α-hetero) is 1. The van der Waals surface area contributed by atoms with Gasteiger partial charge in [0.2, 0.25) is 0 Å². The number of hydrogen-bond donors (Lipinski definition) is 0. The summed E-state index contributed by atoms with van der Waals surface area (Å²) in [6.45, 7) is 8.75. The van der Waals surface area contributed by atoms with Crippen LogP contribution in [0.15, 0.2) is 84.9 Å². The average Bonchev–Trinajstić information content (AvgIpc) is 3.01. The van der Waals surface area contributed by atoms with Gasteiger partial charge in [0.05, 0.1) is 5.41 Å². The number of amides is 2. The summed E-state index contributed by atoms with van der Waals surface area (Å²) in [7, 11) is 0. The lowest BCUT2D eigenvalue weighted by Crippen LogP contribution is -2.56. The Kier molecular flexibility index (Phi) is 8.88. The molecule has 0 spiro atoms. The van der Waals surface area contributed by atoms with Gasteiger partial charge in [0.25, 0.3) is 0 Å². The van der Waals surface area contributed by atoms with E-state index in [0.717, 1.165) is 44.6 Å². The molecule has 0 radical (unpaired) electrons. The summed E-state index contributed by atoms with van der Waals surface area (Å²) in [5.74, 6) is 0.769. The van der Waals surface area contributed by atoms with Crippen LogP contribution in [0.5, 0.6) is 0 Å². The quantitative estimate of drug-likeness (QED) is 0.317. The van der Waals surface area contributed by atoms with Gasteiger partial charge in [-0.3, -0.25) is 4.79 Å². The van der Waals surface area contributed by atoms with Crippen molar-refractivity contribution in [2.75, 3.05) is 44.2 Å². The highest BCUT2D eigenvalue weighted by atomic mass is 16.2. The second-order valence-corrected chi connectivity index (χ2v) is 11.7. The first-order valence-corrected chi connectivity index (χ1v) is 15.0. The summed E-state index contributed by atoms with van der Waals surface area (Å²) in [5, 5.41) is 0. The molecule has 2 saturated heterocycles. The SMILES string of the molecule is Cc1cccc(N2CCN(C(=O)N3CCC(C(=O)CCCC(C)c4ccccc4)(c4ccccc4)CC3)CC2)c1. The lowest BCUT2D eigenvalue weighted by molar-refractivity contribution is -0.126. The molecule has 0 saturated carbocycles. The molecule has 1 unspecified atom stereocenters. The first-order valence-electron chi connectivity index (χ1n) is 15.0. The molecule has 5 nitrogen and oxygen atoms in total. The van der Waals surface area contributed by atoms with Crippen molar-refractivity contribution in [2.45, 2.75) is 57.3 Å². The van der Waals surface area contributed by atoms with Gasteiger partial charge < -0.3 is 14.7 Å². The maximum Gasteiger partial charge on any atom is 0.320 e. The Balaban J connectivity index is 1.18. The van der Waals surface area contributed by atoms with Crippen LogP contribution >= 0.6 is 0 Å². The van der Waals surface area contributed by atoms with Gasteiger partial charge in [-0.25, -0.2) is 4.79 Å². The number of likely N-dealkylation sites (tertiary alicyclic amines) is 1. The van der Waals surface area contributed by atoms with Crippen molar-refractivity contribution >= 4 is 17.5 Å². The molecule has 2 fully saturated rings. The second-order valence-electron chi connectivity index (χ2n) is 11.7. The lowest BCUT2D eigenvalue weighted by Gasteiger charge is -2.44. The Morgan fingerprint density at radius 2 is 1.40 bits per heavy atom. The zero-order valence-electron chi connectivity index (χ0n) is 24.1. The van der Waals surface area contributed by atoms with Crippen molar-refractivity contribution < 1.29 is 9.59 Å². The van der Waals surface area contributed by atoms with E-state index < -0.39 is 5.41 Å². The van der Waals surface area contributed by atoms with E-state index in [2.05, 4.69) is 79.4 Å². The van der Waals surface area contributed by atoms with Gasteiger partial charge in [-0.1, -0.05) is 79.7 Å². The molecule has 3 aromatic rings. The molecule has 0 N–H and O–H groups in total. The zero-order valence-corrected chi connectivity index (χ0v) is 24.1. The van der Waals surface area contributed by atoms with Crippen LogP contribution in [0.4, 0.5) is 10.5 Å². The number of aryl methyl sites for hydroxylation is 1. The summed E-state index contributed by atoms with van der Waals surface area (Å²) in [6, 6.07) is 29.5. The predicted octanol–water partition coefficient (Wildman–Crippen LogP) is 6.81. The Morgan fingerprint density at radius 1 is 0.775 bits per heavy atom. The molecular weight excluding hydrogens is 494 g/mol. The zero-order chi connectivity index (χ0) is 28.0. The van der Waals surface area contributed by atoms with E-state index in [-0.39, 0.29) is 6.03 Å². The standard InChI is InChI=1S/C35H43N3O2/c1-28-11-9-17-32(27-28)36-23-25-38(26-24-36)34(40)37-21-19-35(20-22-37,31-15-7-4-8-16-31)33(39)18-10-12-29(2)30-13-5-3-6-14-30/h3-9,11,13-17,27,29H,10,12,18-26H2,1-2H3. The fourth-order valence-corrected chi connectivity index (χ4v) is 6.50. The Labute approximate surface area is 239 Å². The summed E-state index contributed by atoms with van der Waals surface area (Å²) in [6.07, 6.45) is 3.86.